The molecule has 3 aromatic carbocycles. The fourth-order valence-corrected chi connectivity index (χ4v) is 2.72. The SMILES string of the molecule is COc1ccc(C(=O)N/N=C/c2cccc(OC(=O)c3cc([N+](=O)[O-])cc([N+](=O)[O-])c3)c2)cc1. The number of hydrazone groups is 1. The number of esters is 1. The van der Waals surface area contributed by atoms with Crippen molar-refractivity contribution in [1.29, 1.82) is 0 Å². The van der Waals surface area contributed by atoms with Crippen molar-refractivity contribution in [3.05, 3.63) is 104 Å². The van der Waals surface area contributed by atoms with Gasteiger partial charge in [0, 0.05) is 17.7 Å². The molecule has 0 bridgehead atoms. The Morgan fingerprint density at radius 2 is 1.53 bits per heavy atom. The van der Waals surface area contributed by atoms with Crippen molar-refractivity contribution in [1.82, 2.24) is 5.43 Å². The van der Waals surface area contributed by atoms with Gasteiger partial charge in [-0.25, -0.2) is 10.2 Å². The molecular formula is C22H16N4O8. The van der Waals surface area contributed by atoms with Crippen LogP contribution in [-0.2, 0) is 0 Å². The predicted octanol–water partition coefficient (Wildman–Crippen LogP) is 3.49. The summed E-state index contributed by atoms with van der Waals surface area (Å²) in [6.07, 6.45) is 1.32. The molecule has 0 aliphatic rings. The van der Waals surface area contributed by atoms with E-state index in [2.05, 4.69) is 10.5 Å². The zero-order valence-corrected chi connectivity index (χ0v) is 17.5. The lowest BCUT2D eigenvalue weighted by Crippen LogP contribution is -2.17. The summed E-state index contributed by atoms with van der Waals surface area (Å²) in [4.78, 5) is 44.8. The highest BCUT2D eigenvalue weighted by molar-refractivity contribution is 5.95. The smallest absolute Gasteiger partial charge is 0.344 e. The van der Waals surface area contributed by atoms with E-state index >= 15 is 0 Å². The molecule has 1 N–H and O–H groups in total. The summed E-state index contributed by atoms with van der Waals surface area (Å²) in [6, 6.07) is 15.0. The number of carbonyl (C=O) groups excluding carboxylic acids is 2. The number of benzene rings is 3. The van der Waals surface area contributed by atoms with Gasteiger partial charge < -0.3 is 9.47 Å². The number of methoxy groups -OCH3 is 1. The Hall–Kier alpha value is -5.13. The molecule has 1 amide bonds. The molecule has 12 nitrogen and oxygen atoms in total. The number of hydrogen-bond donors (Lipinski definition) is 1. The summed E-state index contributed by atoms with van der Waals surface area (Å²) >= 11 is 0. The maximum absolute atomic E-state index is 12.4. The van der Waals surface area contributed by atoms with Crippen molar-refractivity contribution in [3.8, 4) is 11.5 Å². The lowest BCUT2D eigenvalue weighted by molar-refractivity contribution is -0.394. The van der Waals surface area contributed by atoms with Gasteiger partial charge in [0.15, 0.2) is 0 Å². The van der Waals surface area contributed by atoms with Crippen molar-refractivity contribution in [3.63, 3.8) is 0 Å². The highest BCUT2D eigenvalue weighted by atomic mass is 16.6. The van der Waals surface area contributed by atoms with Crippen LogP contribution in [-0.4, -0.2) is 35.0 Å². The second-order valence-electron chi connectivity index (χ2n) is 6.64. The van der Waals surface area contributed by atoms with Gasteiger partial charge in [0.2, 0.25) is 0 Å². The summed E-state index contributed by atoms with van der Waals surface area (Å²) in [6.45, 7) is 0. The van der Waals surface area contributed by atoms with Crippen LogP contribution in [0.25, 0.3) is 0 Å². The Bertz CT molecular complexity index is 1260. The summed E-state index contributed by atoms with van der Waals surface area (Å²) in [5.74, 6) is -0.807. The van der Waals surface area contributed by atoms with Crippen LogP contribution >= 0.6 is 0 Å². The van der Waals surface area contributed by atoms with Crippen LogP contribution in [0.5, 0.6) is 11.5 Å². The molecule has 0 heterocycles. The molecule has 0 spiro atoms. The van der Waals surface area contributed by atoms with E-state index in [1.165, 1.54) is 25.5 Å². The van der Waals surface area contributed by atoms with Gasteiger partial charge in [-0.3, -0.25) is 25.0 Å². The fraction of sp³-hybridized carbons (Fsp3) is 0.0455. The van der Waals surface area contributed by atoms with Crippen LogP contribution in [0.3, 0.4) is 0 Å². The minimum absolute atomic E-state index is 0.0598. The molecule has 172 valence electrons. The Balaban J connectivity index is 1.69. The summed E-state index contributed by atoms with van der Waals surface area (Å²) in [5, 5.41) is 25.9. The molecule has 0 saturated heterocycles. The minimum Gasteiger partial charge on any atom is -0.497 e. The minimum atomic E-state index is -1.02. The van der Waals surface area contributed by atoms with Crippen LogP contribution in [0, 0.1) is 20.2 Å². The zero-order valence-electron chi connectivity index (χ0n) is 17.5. The summed E-state index contributed by atoms with van der Waals surface area (Å²) < 4.78 is 10.2. The number of nitrogens with one attached hydrogen (secondary N) is 1. The van der Waals surface area contributed by atoms with Gasteiger partial charge in [0.25, 0.3) is 17.3 Å². The normalized spacial score (nSPS) is 10.5. The number of ether oxygens (including phenoxy) is 2. The number of nitro benzene ring substituents is 2. The average molecular weight is 464 g/mol. The molecule has 0 unspecified atom stereocenters. The standard InChI is InChI=1S/C22H16N4O8/c1-33-19-7-5-15(6-8-19)21(27)24-23-13-14-3-2-4-20(9-14)34-22(28)16-10-17(25(29)30)12-18(11-16)26(31)32/h2-13H,1H3,(H,24,27)/b23-13+. The number of nitro groups is 2. The topological polar surface area (TPSA) is 163 Å². The van der Waals surface area contributed by atoms with Crippen LogP contribution < -0.4 is 14.9 Å². The van der Waals surface area contributed by atoms with E-state index in [1.54, 1.807) is 36.4 Å². The fourth-order valence-electron chi connectivity index (χ4n) is 2.72. The van der Waals surface area contributed by atoms with Crippen molar-refractivity contribution in [2.75, 3.05) is 7.11 Å². The predicted molar refractivity (Wildman–Crippen MR) is 119 cm³/mol. The highest BCUT2D eigenvalue weighted by Crippen LogP contribution is 2.24. The van der Waals surface area contributed by atoms with Crippen molar-refractivity contribution in [2.24, 2.45) is 5.10 Å². The first-order valence-corrected chi connectivity index (χ1v) is 9.50. The van der Waals surface area contributed by atoms with Gasteiger partial charge in [-0.2, -0.15) is 5.10 Å². The molecule has 0 aromatic heterocycles. The Morgan fingerprint density at radius 1 is 0.882 bits per heavy atom. The van der Waals surface area contributed by atoms with E-state index in [0.29, 0.717) is 16.9 Å². The van der Waals surface area contributed by atoms with Gasteiger partial charge in [-0.15, -0.1) is 0 Å². The Kier molecular flexibility index (Phi) is 7.24. The Labute approximate surface area is 191 Å². The summed E-state index contributed by atoms with van der Waals surface area (Å²) in [5.41, 5.74) is 1.60. The molecule has 0 atom stereocenters. The molecule has 0 radical (unpaired) electrons. The maximum Gasteiger partial charge on any atom is 0.344 e. The van der Waals surface area contributed by atoms with Crippen molar-refractivity contribution >= 4 is 29.5 Å². The third-order valence-corrected chi connectivity index (χ3v) is 4.36. The largest absolute Gasteiger partial charge is 0.497 e. The molecule has 3 aromatic rings. The van der Waals surface area contributed by atoms with Gasteiger partial charge in [0.1, 0.15) is 11.5 Å². The number of rotatable bonds is 8. The number of nitrogens with zero attached hydrogens (tertiary/aromatic N) is 3. The maximum atomic E-state index is 12.4. The second kappa shape index (κ2) is 10.5. The second-order valence-corrected chi connectivity index (χ2v) is 6.64. The van der Waals surface area contributed by atoms with Crippen molar-refractivity contribution < 1.29 is 28.9 Å². The quantitative estimate of drug-likeness (QED) is 0.174. The number of hydrogen-bond acceptors (Lipinski definition) is 9. The molecule has 34 heavy (non-hydrogen) atoms. The van der Waals surface area contributed by atoms with Crippen LogP contribution in [0.4, 0.5) is 11.4 Å². The molecule has 0 aliphatic carbocycles. The van der Waals surface area contributed by atoms with Crippen LogP contribution in [0.15, 0.2) is 71.8 Å². The van der Waals surface area contributed by atoms with Crippen LogP contribution in [0.2, 0.25) is 0 Å². The van der Waals surface area contributed by atoms with Gasteiger partial charge in [-0.05, 0) is 42.0 Å². The monoisotopic (exact) mass is 464 g/mol. The van der Waals surface area contributed by atoms with E-state index in [9.17, 15) is 29.8 Å². The van der Waals surface area contributed by atoms with Crippen molar-refractivity contribution in [2.45, 2.75) is 0 Å². The van der Waals surface area contributed by atoms with Gasteiger partial charge >= 0.3 is 5.97 Å². The number of carbonyl (C=O) groups is 2. The number of amides is 1. The lowest BCUT2D eigenvalue weighted by atomic mass is 10.1. The van der Waals surface area contributed by atoms with E-state index in [0.717, 1.165) is 18.2 Å². The first-order valence-electron chi connectivity index (χ1n) is 9.50. The third kappa shape index (κ3) is 5.97. The first kappa shape index (κ1) is 23.5. The molecule has 0 aliphatic heterocycles. The van der Waals surface area contributed by atoms with E-state index in [-0.39, 0.29) is 11.3 Å². The zero-order chi connectivity index (χ0) is 24.7. The van der Waals surface area contributed by atoms with E-state index < -0.39 is 33.1 Å². The molecular weight excluding hydrogens is 448 g/mol. The van der Waals surface area contributed by atoms with E-state index in [4.69, 9.17) is 9.47 Å². The Morgan fingerprint density at radius 3 is 2.12 bits per heavy atom. The first-order chi connectivity index (χ1) is 16.3. The van der Waals surface area contributed by atoms with Gasteiger partial charge in [-0.1, -0.05) is 12.1 Å². The molecule has 0 fully saturated rings. The van der Waals surface area contributed by atoms with Crippen LogP contribution in [0.1, 0.15) is 26.3 Å². The van der Waals surface area contributed by atoms with E-state index in [1.807, 2.05) is 0 Å². The average Bonchev–Trinajstić information content (AvgIpc) is 2.83. The summed E-state index contributed by atoms with van der Waals surface area (Å²) in [7, 11) is 1.51. The molecule has 0 saturated carbocycles. The molecule has 12 heteroatoms. The van der Waals surface area contributed by atoms with Gasteiger partial charge in [0.05, 0.1) is 34.8 Å². The highest BCUT2D eigenvalue weighted by Gasteiger charge is 2.21. The third-order valence-electron chi connectivity index (χ3n) is 4.36. The lowest BCUT2D eigenvalue weighted by Gasteiger charge is -2.05. The molecule has 3 rings (SSSR count). The number of non-ortho nitro benzene ring substituents is 2.